The van der Waals surface area contributed by atoms with Gasteiger partial charge in [-0.3, -0.25) is 14.6 Å². The number of hydrogen-bond acceptors (Lipinski definition) is 7. The van der Waals surface area contributed by atoms with Crippen molar-refractivity contribution in [3.05, 3.63) is 59.7 Å². The summed E-state index contributed by atoms with van der Waals surface area (Å²) >= 11 is 1.33. The van der Waals surface area contributed by atoms with Crippen LogP contribution >= 0.6 is 11.3 Å². The van der Waals surface area contributed by atoms with Crippen LogP contribution in [0, 0.1) is 5.82 Å². The van der Waals surface area contributed by atoms with Crippen LogP contribution in [0.25, 0.3) is 21.8 Å². The minimum Gasteiger partial charge on any atom is -0.325 e. The summed E-state index contributed by atoms with van der Waals surface area (Å²) in [6.07, 6.45) is 7.22. The summed E-state index contributed by atoms with van der Waals surface area (Å²) in [4.78, 5) is 33.8. The molecule has 1 aliphatic carbocycles. The topological polar surface area (TPSA) is 127 Å². The van der Waals surface area contributed by atoms with Crippen LogP contribution < -0.4 is 16.4 Å². The van der Waals surface area contributed by atoms with Gasteiger partial charge in [-0.1, -0.05) is 57.8 Å². The number of allylic oxidation sites excluding steroid dienone is 3. The molecule has 0 bridgehead atoms. The van der Waals surface area contributed by atoms with Gasteiger partial charge >= 0.3 is 0 Å². The Labute approximate surface area is 238 Å². The number of fused-ring (bicyclic) bond motifs is 3. The third-order valence-electron chi connectivity index (χ3n) is 6.13. The largest absolute Gasteiger partial charge is 0.325 e. The molecule has 0 spiro atoms. The lowest BCUT2D eigenvalue weighted by Gasteiger charge is -2.15. The highest BCUT2D eigenvalue weighted by Gasteiger charge is 2.31. The molecule has 3 aromatic rings. The van der Waals surface area contributed by atoms with Gasteiger partial charge in [0, 0.05) is 36.5 Å². The molecular weight excluding hydrogens is 529 g/mol. The number of halogens is 1. The molecule has 0 saturated carbocycles. The number of thiazole rings is 1. The number of aliphatic imine (C=N–C) groups is 1. The molecule has 2 heterocycles. The van der Waals surface area contributed by atoms with E-state index in [4.69, 9.17) is 10.8 Å². The van der Waals surface area contributed by atoms with Crippen molar-refractivity contribution in [2.45, 2.75) is 59.4 Å². The fourth-order valence-electron chi connectivity index (χ4n) is 4.16. The molecule has 4 N–H and O–H groups in total. The number of amides is 2. The van der Waals surface area contributed by atoms with Crippen molar-refractivity contribution in [1.82, 2.24) is 14.8 Å². The average molecular weight is 566 g/mol. The highest BCUT2D eigenvalue weighted by molar-refractivity contribution is 7.19. The zero-order valence-electron chi connectivity index (χ0n) is 23.5. The van der Waals surface area contributed by atoms with E-state index in [-0.39, 0.29) is 17.5 Å². The number of rotatable bonds is 9. The maximum Gasteiger partial charge on any atom is 0.241 e. The summed E-state index contributed by atoms with van der Waals surface area (Å²) in [6, 6.07) is 3.75. The van der Waals surface area contributed by atoms with E-state index >= 15 is 4.39 Å². The van der Waals surface area contributed by atoms with Crippen LogP contribution in [0.5, 0.6) is 0 Å². The number of nitrogens with zero attached hydrogens (tertiary/aromatic N) is 4. The first-order chi connectivity index (χ1) is 19.3. The lowest BCUT2D eigenvalue weighted by atomic mass is 9.95. The Kier molecular flexibility index (Phi) is 10.6. The molecule has 0 saturated heterocycles. The van der Waals surface area contributed by atoms with Crippen LogP contribution in [0.4, 0.5) is 15.2 Å². The summed E-state index contributed by atoms with van der Waals surface area (Å²) in [5, 5.41) is 10.8. The molecule has 2 amide bonds. The Bertz CT molecular complexity index is 1450. The van der Waals surface area contributed by atoms with Crippen molar-refractivity contribution in [2.75, 3.05) is 17.7 Å². The van der Waals surface area contributed by atoms with Gasteiger partial charge in [-0.15, -0.1) is 0 Å². The number of aryl methyl sites for hydroxylation is 1. The zero-order chi connectivity index (χ0) is 29.4. The first-order valence-corrected chi connectivity index (χ1v) is 14.2. The molecule has 0 fully saturated rings. The Balaban J connectivity index is 0.00000216. The van der Waals surface area contributed by atoms with Crippen LogP contribution in [-0.2, 0) is 22.4 Å². The molecule has 2 aromatic heterocycles. The first kappa shape index (κ1) is 30.6. The second-order valence-electron chi connectivity index (χ2n) is 8.70. The second kappa shape index (κ2) is 13.9. The maximum absolute atomic E-state index is 15.6. The number of benzene rings is 1. The minimum atomic E-state index is -0.680. The van der Waals surface area contributed by atoms with E-state index in [0.29, 0.717) is 47.9 Å². The normalized spacial score (nSPS) is 13.1. The molecule has 1 aromatic carbocycles. The highest BCUT2D eigenvalue weighted by Crippen LogP contribution is 2.43. The number of aromatic nitrogens is 3. The van der Waals surface area contributed by atoms with Gasteiger partial charge in [0.15, 0.2) is 10.9 Å². The van der Waals surface area contributed by atoms with E-state index in [1.807, 2.05) is 13.8 Å². The number of nitrogens with two attached hydrogens (primary N) is 1. The number of carbonyl (C=O) groups is 2. The molecule has 0 radical (unpaired) electrons. The molecule has 11 heteroatoms. The molecule has 1 aliphatic rings. The Morgan fingerprint density at radius 2 is 2.02 bits per heavy atom. The Morgan fingerprint density at radius 3 is 2.65 bits per heavy atom. The molecule has 0 aliphatic heterocycles. The molecule has 1 unspecified atom stereocenters. The molecular formula is C29H36FN7O2S. The quantitative estimate of drug-likeness (QED) is 0.231. The third-order valence-corrected chi connectivity index (χ3v) is 7.15. The van der Waals surface area contributed by atoms with Gasteiger partial charge in [0.25, 0.3) is 0 Å². The van der Waals surface area contributed by atoms with Crippen molar-refractivity contribution >= 4 is 45.8 Å². The van der Waals surface area contributed by atoms with Gasteiger partial charge in [0.2, 0.25) is 11.8 Å². The second-order valence-corrected chi connectivity index (χ2v) is 9.70. The van der Waals surface area contributed by atoms with Crippen LogP contribution in [0.15, 0.2) is 41.9 Å². The van der Waals surface area contributed by atoms with E-state index in [1.165, 1.54) is 17.4 Å². The molecule has 212 valence electrons. The van der Waals surface area contributed by atoms with Crippen molar-refractivity contribution in [2.24, 2.45) is 10.7 Å². The van der Waals surface area contributed by atoms with Crippen LogP contribution in [0.2, 0.25) is 0 Å². The SMILES string of the molecule is C=C/C=C(\C=NC)c1nn(-c2ccc(NC(=O)C(N)CC)cc2F)c2c1CCc1nc(NC(=O)CC)sc1-2.CC. The van der Waals surface area contributed by atoms with Crippen molar-refractivity contribution in [3.63, 3.8) is 0 Å². The van der Waals surface area contributed by atoms with Gasteiger partial charge < -0.3 is 16.4 Å². The molecule has 9 nitrogen and oxygen atoms in total. The van der Waals surface area contributed by atoms with Crippen molar-refractivity contribution in [1.29, 1.82) is 0 Å². The summed E-state index contributed by atoms with van der Waals surface area (Å²) in [5.74, 6) is -1.08. The Hall–Kier alpha value is -3.96. The Morgan fingerprint density at radius 1 is 1.27 bits per heavy atom. The van der Waals surface area contributed by atoms with Crippen LogP contribution in [0.1, 0.15) is 57.5 Å². The number of anilines is 2. The smallest absolute Gasteiger partial charge is 0.241 e. The maximum atomic E-state index is 15.6. The van der Waals surface area contributed by atoms with Gasteiger partial charge in [-0.05, 0) is 37.5 Å². The van der Waals surface area contributed by atoms with Gasteiger partial charge in [0.1, 0.15) is 5.69 Å². The summed E-state index contributed by atoms with van der Waals surface area (Å²) in [6.45, 7) is 11.4. The average Bonchev–Trinajstić information content (AvgIpc) is 3.54. The first-order valence-electron chi connectivity index (χ1n) is 13.3. The standard InChI is InChI=1S/C27H30FN7O2S.C2H6/c1-5-8-15(14-30-4)23-17-10-11-20-25(38-27(32-20)33-22(36)7-3)24(17)35(34-23)21-12-9-16(13-18(21)28)31-26(37)19(29)6-2;1-2/h5,8-9,12-14,19H,1,6-7,10-11,29H2,2-4H3,(H,31,37)(H,32,33,36);1-2H3/b15-8+,30-14?;. The van der Waals surface area contributed by atoms with E-state index in [2.05, 4.69) is 27.2 Å². The fraction of sp³-hybridized carbons (Fsp3) is 0.345. The minimum absolute atomic E-state index is 0.132. The van der Waals surface area contributed by atoms with Crippen LogP contribution in [0.3, 0.4) is 0 Å². The number of nitrogens with one attached hydrogen (secondary N) is 2. The monoisotopic (exact) mass is 565 g/mol. The lowest BCUT2D eigenvalue weighted by molar-refractivity contribution is -0.117. The van der Waals surface area contributed by atoms with Gasteiger partial charge in [-0.25, -0.2) is 14.1 Å². The lowest BCUT2D eigenvalue weighted by Crippen LogP contribution is -2.34. The summed E-state index contributed by atoms with van der Waals surface area (Å²) in [5.41, 5.74) is 10.1. The third kappa shape index (κ3) is 6.43. The summed E-state index contributed by atoms with van der Waals surface area (Å²) < 4.78 is 17.1. The van der Waals surface area contributed by atoms with E-state index in [1.54, 1.807) is 56.1 Å². The zero-order valence-corrected chi connectivity index (χ0v) is 24.4. The van der Waals surface area contributed by atoms with E-state index in [0.717, 1.165) is 21.7 Å². The van der Waals surface area contributed by atoms with Crippen molar-refractivity contribution in [3.8, 4) is 16.3 Å². The highest BCUT2D eigenvalue weighted by atomic mass is 32.1. The fourth-order valence-corrected chi connectivity index (χ4v) is 5.25. The van der Waals surface area contributed by atoms with Crippen LogP contribution in [-0.4, -0.2) is 45.9 Å². The molecule has 4 rings (SSSR count). The van der Waals surface area contributed by atoms with E-state index < -0.39 is 11.9 Å². The van der Waals surface area contributed by atoms with Crippen molar-refractivity contribution < 1.29 is 14.0 Å². The predicted octanol–water partition coefficient (Wildman–Crippen LogP) is 5.55. The molecule has 40 heavy (non-hydrogen) atoms. The number of carbonyl (C=O) groups excluding carboxylic acids is 2. The summed E-state index contributed by atoms with van der Waals surface area (Å²) in [7, 11) is 1.67. The predicted molar refractivity (Wildman–Crippen MR) is 162 cm³/mol. The molecule has 1 atom stereocenters. The van der Waals surface area contributed by atoms with E-state index in [9.17, 15) is 9.59 Å². The number of hydrogen-bond donors (Lipinski definition) is 3. The van der Waals surface area contributed by atoms with Gasteiger partial charge in [0.05, 0.1) is 28.0 Å². The van der Waals surface area contributed by atoms with Gasteiger partial charge in [-0.2, -0.15) is 5.10 Å².